The number of nitrogens with zero attached hydrogens (tertiary/aromatic N) is 3. The molecule has 0 saturated heterocycles. The number of hydrogen-bond acceptors (Lipinski definition) is 4. The van der Waals surface area contributed by atoms with E-state index in [0.29, 0.717) is 5.65 Å². The Labute approximate surface area is 120 Å². The van der Waals surface area contributed by atoms with Gasteiger partial charge >= 0.3 is 0 Å². The first-order valence-corrected chi connectivity index (χ1v) is 7.54. The summed E-state index contributed by atoms with van der Waals surface area (Å²) in [7, 11) is -3.82. The van der Waals surface area contributed by atoms with Crippen molar-refractivity contribution in [3.05, 3.63) is 54.1 Å². The molecule has 0 spiro atoms. The third kappa shape index (κ3) is 2.57. The first kappa shape index (κ1) is 13.5. The summed E-state index contributed by atoms with van der Waals surface area (Å²) in [6.45, 7) is 1.78. The lowest BCUT2D eigenvalue weighted by Gasteiger charge is -2.09. The number of aryl methyl sites for hydroxylation is 1. The lowest BCUT2D eigenvalue weighted by Crippen LogP contribution is -2.15. The van der Waals surface area contributed by atoms with Crippen molar-refractivity contribution in [2.45, 2.75) is 11.8 Å². The number of hydrogen-bond donors (Lipinski definition) is 1. The van der Waals surface area contributed by atoms with Gasteiger partial charge in [0.2, 0.25) is 0 Å². The number of benzene rings is 1. The van der Waals surface area contributed by atoms with Crippen molar-refractivity contribution in [3.8, 4) is 0 Å². The average Bonchev–Trinajstić information content (AvgIpc) is 2.80. The Morgan fingerprint density at radius 3 is 2.62 bits per heavy atom. The molecule has 0 aliphatic carbocycles. The SMILES string of the molecule is Cc1cc2nccc(NS(=O)(=O)c3ccc(F)cc3)n2n1. The number of sulfonamides is 1. The molecule has 3 aromatic rings. The van der Waals surface area contributed by atoms with Crippen LogP contribution in [0, 0.1) is 12.7 Å². The second-order valence-corrected chi connectivity index (χ2v) is 6.13. The Hall–Kier alpha value is -2.48. The van der Waals surface area contributed by atoms with E-state index in [1.165, 1.54) is 28.9 Å². The summed E-state index contributed by atoms with van der Waals surface area (Å²) in [6, 6.07) is 7.81. The van der Waals surface area contributed by atoms with Gasteiger partial charge in [-0.25, -0.2) is 17.8 Å². The number of anilines is 1. The maximum Gasteiger partial charge on any atom is 0.263 e. The number of nitrogens with one attached hydrogen (secondary N) is 1. The van der Waals surface area contributed by atoms with Crippen LogP contribution in [0.1, 0.15) is 5.69 Å². The van der Waals surface area contributed by atoms with Crippen LogP contribution in [0.15, 0.2) is 47.5 Å². The minimum atomic E-state index is -3.82. The fourth-order valence-electron chi connectivity index (χ4n) is 1.90. The van der Waals surface area contributed by atoms with Crippen LogP contribution in [-0.4, -0.2) is 23.0 Å². The first-order valence-electron chi connectivity index (χ1n) is 6.05. The second kappa shape index (κ2) is 4.81. The lowest BCUT2D eigenvalue weighted by molar-refractivity contribution is 0.599. The molecule has 2 heterocycles. The molecule has 108 valence electrons. The van der Waals surface area contributed by atoms with E-state index in [0.717, 1.165) is 17.8 Å². The summed E-state index contributed by atoms with van der Waals surface area (Å²) in [5.74, 6) is -0.236. The van der Waals surface area contributed by atoms with E-state index in [4.69, 9.17) is 0 Å². The summed E-state index contributed by atoms with van der Waals surface area (Å²) >= 11 is 0. The average molecular weight is 306 g/mol. The molecule has 1 N–H and O–H groups in total. The van der Waals surface area contributed by atoms with Gasteiger partial charge in [0.05, 0.1) is 10.6 Å². The number of aromatic nitrogens is 3. The summed E-state index contributed by atoms with van der Waals surface area (Å²) < 4.78 is 41.2. The highest BCUT2D eigenvalue weighted by Gasteiger charge is 2.16. The predicted octanol–water partition coefficient (Wildman–Crippen LogP) is 1.98. The van der Waals surface area contributed by atoms with Crippen LogP contribution < -0.4 is 4.72 Å². The molecule has 1 aromatic carbocycles. The Morgan fingerprint density at radius 2 is 1.90 bits per heavy atom. The van der Waals surface area contributed by atoms with Gasteiger partial charge in [0.1, 0.15) is 11.6 Å². The van der Waals surface area contributed by atoms with Crippen LogP contribution in [0.3, 0.4) is 0 Å². The van der Waals surface area contributed by atoms with Crippen molar-refractivity contribution < 1.29 is 12.8 Å². The zero-order chi connectivity index (χ0) is 15.0. The third-order valence-electron chi connectivity index (χ3n) is 2.84. The van der Waals surface area contributed by atoms with Gasteiger partial charge < -0.3 is 0 Å². The maximum atomic E-state index is 12.9. The Balaban J connectivity index is 2.03. The molecule has 0 aliphatic heterocycles. The van der Waals surface area contributed by atoms with E-state index in [-0.39, 0.29) is 10.7 Å². The van der Waals surface area contributed by atoms with Gasteiger partial charge in [-0.2, -0.15) is 9.61 Å². The Morgan fingerprint density at radius 1 is 1.19 bits per heavy atom. The fourth-order valence-corrected chi connectivity index (χ4v) is 2.94. The molecule has 0 bridgehead atoms. The predicted molar refractivity (Wildman–Crippen MR) is 74.9 cm³/mol. The Bertz CT molecular complexity index is 904. The van der Waals surface area contributed by atoms with E-state index in [1.807, 2.05) is 0 Å². The van der Waals surface area contributed by atoms with Gasteiger partial charge in [-0.3, -0.25) is 4.72 Å². The van der Waals surface area contributed by atoms with E-state index in [9.17, 15) is 12.8 Å². The molecule has 3 rings (SSSR count). The molecule has 0 amide bonds. The first-order chi connectivity index (χ1) is 9.95. The second-order valence-electron chi connectivity index (χ2n) is 4.45. The number of rotatable bonds is 3. The highest BCUT2D eigenvalue weighted by molar-refractivity contribution is 7.92. The molecule has 0 aliphatic rings. The van der Waals surface area contributed by atoms with E-state index >= 15 is 0 Å². The van der Waals surface area contributed by atoms with Crippen molar-refractivity contribution >= 4 is 21.5 Å². The van der Waals surface area contributed by atoms with Gasteiger partial charge in [0, 0.05) is 12.3 Å². The van der Waals surface area contributed by atoms with Gasteiger partial charge in [-0.1, -0.05) is 0 Å². The molecule has 0 atom stereocenters. The monoisotopic (exact) mass is 306 g/mol. The maximum absolute atomic E-state index is 12.9. The molecule has 0 saturated carbocycles. The largest absolute Gasteiger partial charge is 0.263 e. The summed E-state index contributed by atoms with van der Waals surface area (Å²) in [5.41, 5.74) is 1.25. The van der Waals surface area contributed by atoms with E-state index < -0.39 is 15.8 Å². The van der Waals surface area contributed by atoms with Gasteiger partial charge in [0.15, 0.2) is 5.65 Å². The highest BCUT2D eigenvalue weighted by Crippen LogP contribution is 2.17. The van der Waals surface area contributed by atoms with Crippen molar-refractivity contribution in [1.29, 1.82) is 0 Å². The normalized spacial score (nSPS) is 11.7. The zero-order valence-electron chi connectivity index (χ0n) is 11.0. The van der Waals surface area contributed by atoms with E-state index in [1.54, 1.807) is 13.0 Å². The molecule has 0 radical (unpaired) electrons. The van der Waals surface area contributed by atoms with Gasteiger partial charge in [0.25, 0.3) is 10.0 Å². The molecule has 6 nitrogen and oxygen atoms in total. The lowest BCUT2D eigenvalue weighted by atomic mass is 10.4. The highest BCUT2D eigenvalue weighted by atomic mass is 32.2. The van der Waals surface area contributed by atoms with Crippen LogP contribution in [0.5, 0.6) is 0 Å². The molecular formula is C13H11FN4O2S. The molecule has 2 aromatic heterocycles. The van der Waals surface area contributed by atoms with Crippen molar-refractivity contribution in [3.63, 3.8) is 0 Å². The fraction of sp³-hybridized carbons (Fsp3) is 0.0769. The zero-order valence-corrected chi connectivity index (χ0v) is 11.8. The molecule has 8 heteroatoms. The smallest absolute Gasteiger partial charge is 0.263 e. The Kier molecular flexibility index (Phi) is 3.09. The minimum absolute atomic E-state index is 0.0299. The number of fused-ring (bicyclic) bond motifs is 1. The molecule has 21 heavy (non-hydrogen) atoms. The topological polar surface area (TPSA) is 76.4 Å². The van der Waals surface area contributed by atoms with Gasteiger partial charge in [-0.05, 0) is 37.3 Å². The third-order valence-corrected chi connectivity index (χ3v) is 4.21. The summed E-state index contributed by atoms with van der Waals surface area (Å²) in [4.78, 5) is 4.06. The molecule has 0 unspecified atom stereocenters. The molecular weight excluding hydrogens is 295 g/mol. The van der Waals surface area contributed by atoms with E-state index in [2.05, 4.69) is 14.8 Å². The summed E-state index contributed by atoms with van der Waals surface area (Å²) in [6.07, 6.45) is 1.49. The standard InChI is InChI=1S/C13H11FN4O2S/c1-9-8-13-15-7-6-12(18(13)16-9)17-21(19,20)11-4-2-10(14)3-5-11/h2-8,17H,1H3. The van der Waals surface area contributed by atoms with Crippen molar-refractivity contribution in [2.75, 3.05) is 4.72 Å². The van der Waals surface area contributed by atoms with Crippen LogP contribution in [0.2, 0.25) is 0 Å². The quantitative estimate of drug-likeness (QED) is 0.802. The minimum Gasteiger partial charge on any atom is -0.263 e. The molecule has 0 fully saturated rings. The number of halogens is 1. The van der Waals surface area contributed by atoms with Gasteiger partial charge in [-0.15, -0.1) is 0 Å². The van der Waals surface area contributed by atoms with Crippen LogP contribution in [0.4, 0.5) is 10.2 Å². The van der Waals surface area contributed by atoms with Crippen LogP contribution in [0.25, 0.3) is 5.65 Å². The van der Waals surface area contributed by atoms with Crippen LogP contribution >= 0.6 is 0 Å². The van der Waals surface area contributed by atoms with Crippen LogP contribution in [-0.2, 0) is 10.0 Å². The van der Waals surface area contributed by atoms with Crippen molar-refractivity contribution in [2.24, 2.45) is 0 Å². The van der Waals surface area contributed by atoms with Crippen molar-refractivity contribution in [1.82, 2.24) is 14.6 Å². The summed E-state index contributed by atoms with van der Waals surface area (Å²) in [5, 5.41) is 4.17.